The van der Waals surface area contributed by atoms with Gasteiger partial charge in [0.15, 0.2) is 0 Å². The maximum Gasteiger partial charge on any atom is 0.335 e. The van der Waals surface area contributed by atoms with E-state index in [0.717, 1.165) is 31.2 Å². The Balaban J connectivity index is 1.82. The molecule has 1 heterocycles. The van der Waals surface area contributed by atoms with E-state index in [0.29, 0.717) is 4.88 Å². The number of thiophene rings is 1. The Kier molecular flexibility index (Phi) is 4.36. The predicted molar refractivity (Wildman–Crippen MR) is 69.2 cm³/mol. The van der Waals surface area contributed by atoms with Gasteiger partial charge < -0.3 is 4.84 Å². The van der Waals surface area contributed by atoms with Crippen LogP contribution < -0.4 is 5.48 Å². The molecule has 1 aliphatic carbocycles. The van der Waals surface area contributed by atoms with Gasteiger partial charge in [-0.05, 0) is 36.8 Å². The summed E-state index contributed by atoms with van der Waals surface area (Å²) in [6.45, 7) is 1.86. The Morgan fingerprint density at radius 2 is 2.06 bits per heavy atom. The zero-order chi connectivity index (χ0) is 13.0. The normalized spacial score (nSPS) is 16.3. The molecule has 0 bridgehead atoms. The molecular formula is C13H17NO3S. The van der Waals surface area contributed by atoms with E-state index in [-0.39, 0.29) is 17.8 Å². The first-order chi connectivity index (χ1) is 8.68. The van der Waals surface area contributed by atoms with Crippen molar-refractivity contribution >= 4 is 23.2 Å². The Morgan fingerprint density at radius 3 is 2.67 bits per heavy atom. The third-order valence-corrected chi connectivity index (χ3v) is 4.27. The zero-order valence-corrected chi connectivity index (χ0v) is 11.2. The molecule has 0 atom stereocenters. The van der Waals surface area contributed by atoms with E-state index < -0.39 is 0 Å². The molecule has 4 nitrogen and oxygen atoms in total. The molecule has 1 aromatic heterocycles. The Labute approximate surface area is 110 Å². The van der Waals surface area contributed by atoms with Crippen molar-refractivity contribution in [1.29, 1.82) is 0 Å². The van der Waals surface area contributed by atoms with Crippen LogP contribution >= 0.6 is 11.3 Å². The number of hydroxylamine groups is 1. The second-order valence-corrected chi connectivity index (χ2v) is 5.54. The highest BCUT2D eigenvalue weighted by molar-refractivity contribution is 7.12. The summed E-state index contributed by atoms with van der Waals surface area (Å²) < 4.78 is 0. The van der Waals surface area contributed by atoms with Crippen molar-refractivity contribution in [1.82, 2.24) is 5.48 Å². The van der Waals surface area contributed by atoms with Crippen LogP contribution in [0.25, 0.3) is 0 Å². The van der Waals surface area contributed by atoms with Gasteiger partial charge in [-0.25, -0.2) is 4.79 Å². The number of carbonyl (C=O) groups excluding carboxylic acids is 2. The maximum atomic E-state index is 11.7. The quantitative estimate of drug-likeness (QED) is 0.838. The van der Waals surface area contributed by atoms with Crippen molar-refractivity contribution < 1.29 is 14.4 Å². The van der Waals surface area contributed by atoms with Gasteiger partial charge in [0, 0.05) is 0 Å². The molecule has 0 aromatic carbocycles. The Bertz CT molecular complexity index is 435. The van der Waals surface area contributed by atoms with Gasteiger partial charge in [-0.15, -0.1) is 11.3 Å². The first-order valence-electron chi connectivity index (χ1n) is 6.23. The van der Waals surface area contributed by atoms with Gasteiger partial charge in [-0.3, -0.25) is 4.79 Å². The van der Waals surface area contributed by atoms with Crippen LogP contribution in [0, 0.1) is 12.8 Å². The third kappa shape index (κ3) is 3.10. The molecule has 5 heteroatoms. The molecule has 0 unspecified atom stereocenters. The smallest absolute Gasteiger partial charge is 0.335 e. The van der Waals surface area contributed by atoms with E-state index in [2.05, 4.69) is 5.48 Å². The molecule has 2 rings (SSSR count). The highest BCUT2D eigenvalue weighted by Gasteiger charge is 2.23. The molecule has 0 radical (unpaired) electrons. The largest absolute Gasteiger partial charge is 0.340 e. The lowest BCUT2D eigenvalue weighted by Crippen LogP contribution is -2.31. The van der Waals surface area contributed by atoms with E-state index >= 15 is 0 Å². The van der Waals surface area contributed by atoms with Crippen LogP contribution in [0.2, 0.25) is 0 Å². The van der Waals surface area contributed by atoms with Gasteiger partial charge in [0.05, 0.1) is 10.8 Å². The fourth-order valence-corrected chi connectivity index (χ4v) is 2.98. The lowest BCUT2D eigenvalue weighted by Gasteiger charge is -2.19. The summed E-state index contributed by atoms with van der Waals surface area (Å²) in [4.78, 5) is 28.9. The van der Waals surface area contributed by atoms with Crippen LogP contribution in [-0.2, 0) is 9.63 Å². The summed E-state index contributed by atoms with van der Waals surface area (Å²) in [5.74, 6) is -0.701. The Hall–Kier alpha value is -1.36. The van der Waals surface area contributed by atoms with E-state index in [1.807, 2.05) is 18.4 Å². The molecule has 1 aliphatic rings. The molecule has 0 saturated heterocycles. The maximum absolute atomic E-state index is 11.7. The minimum Gasteiger partial charge on any atom is -0.340 e. The van der Waals surface area contributed by atoms with E-state index in [1.165, 1.54) is 17.8 Å². The van der Waals surface area contributed by atoms with Crippen LogP contribution in [0.15, 0.2) is 11.4 Å². The molecule has 0 aliphatic heterocycles. The number of hydrogen-bond acceptors (Lipinski definition) is 4. The SMILES string of the molecule is Cc1ccsc1C(=O)NOC(=O)C1CCCCC1. The minimum absolute atomic E-state index is 0.0523. The minimum atomic E-state index is -0.341. The average Bonchev–Trinajstić information content (AvgIpc) is 2.83. The average molecular weight is 267 g/mol. The van der Waals surface area contributed by atoms with Gasteiger partial charge in [-0.1, -0.05) is 19.3 Å². The molecule has 1 fully saturated rings. The van der Waals surface area contributed by atoms with Gasteiger partial charge in [0.1, 0.15) is 0 Å². The molecule has 1 amide bonds. The topological polar surface area (TPSA) is 55.4 Å². The van der Waals surface area contributed by atoms with Crippen molar-refractivity contribution in [2.45, 2.75) is 39.0 Å². The van der Waals surface area contributed by atoms with Crippen LogP contribution in [-0.4, -0.2) is 11.9 Å². The predicted octanol–water partition coefficient (Wildman–Crippen LogP) is 2.82. The second-order valence-electron chi connectivity index (χ2n) is 4.62. The first kappa shape index (κ1) is 13.1. The lowest BCUT2D eigenvalue weighted by atomic mass is 9.89. The number of aryl methyl sites for hydroxylation is 1. The van der Waals surface area contributed by atoms with Crippen LogP contribution in [0.4, 0.5) is 0 Å². The van der Waals surface area contributed by atoms with Crippen molar-refractivity contribution in [2.75, 3.05) is 0 Å². The van der Waals surface area contributed by atoms with Gasteiger partial charge >= 0.3 is 5.97 Å². The van der Waals surface area contributed by atoms with Crippen molar-refractivity contribution in [2.24, 2.45) is 5.92 Å². The van der Waals surface area contributed by atoms with E-state index in [1.54, 1.807) is 0 Å². The monoisotopic (exact) mass is 267 g/mol. The molecule has 98 valence electrons. The van der Waals surface area contributed by atoms with Crippen LogP contribution in [0.5, 0.6) is 0 Å². The molecule has 18 heavy (non-hydrogen) atoms. The van der Waals surface area contributed by atoms with E-state index in [9.17, 15) is 9.59 Å². The molecule has 1 N–H and O–H groups in total. The highest BCUT2D eigenvalue weighted by atomic mass is 32.1. The first-order valence-corrected chi connectivity index (χ1v) is 7.11. The number of hydrogen-bond donors (Lipinski definition) is 1. The lowest BCUT2D eigenvalue weighted by molar-refractivity contribution is -0.155. The number of amides is 1. The third-order valence-electron chi connectivity index (χ3n) is 3.25. The fraction of sp³-hybridized carbons (Fsp3) is 0.538. The standard InChI is InChI=1S/C13H17NO3S/c1-9-7-8-18-11(9)12(15)14-17-13(16)10-5-3-2-4-6-10/h7-8,10H,2-6H2,1H3,(H,14,15). The van der Waals surface area contributed by atoms with Crippen molar-refractivity contribution in [3.63, 3.8) is 0 Å². The van der Waals surface area contributed by atoms with Crippen molar-refractivity contribution in [3.8, 4) is 0 Å². The fourth-order valence-electron chi connectivity index (χ4n) is 2.17. The Morgan fingerprint density at radius 1 is 1.33 bits per heavy atom. The number of carbonyl (C=O) groups is 2. The molecule has 1 saturated carbocycles. The summed E-state index contributed by atoms with van der Waals surface area (Å²) >= 11 is 1.34. The number of nitrogens with one attached hydrogen (secondary N) is 1. The summed E-state index contributed by atoms with van der Waals surface area (Å²) in [5.41, 5.74) is 3.14. The van der Waals surface area contributed by atoms with Crippen LogP contribution in [0.1, 0.15) is 47.3 Å². The van der Waals surface area contributed by atoms with Gasteiger partial charge in [-0.2, -0.15) is 5.48 Å². The summed E-state index contributed by atoms with van der Waals surface area (Å²) in [6, 6.07) is 1.86. The van der Waals surface area contributed by atoms with Crippen LogP contribution in [0.3, 0.4) is 0 Å². The molecule has 1 aromatic rings. The van der Waals surface area contributed by atoms with Gasteiger partial charge in [0.2, 0.25) is 0 Å². The number of rotatable bonds is 2. The highest BCUT2D eigenvalue weighted by Crippen LogP contribution is 2.24. The molecular weight excluding hydrogens is 250 g/mol. The van der Waals surface area contributed by atoms with E-state index in [4.69, 9.17) is 4.84 Å². The molecule has 0 spiro atoms. The summed E-state index contributed by atoms with van der Waals surface area (Å²) in [6.07, 6.45) is 5.06. The van der Waals surface area contributed by atoms with Crippen molar-refractivity contribution in [3.05, 3.63) is 21.9 Å². The zero-order valence-electron chi connectivity index (χ0n) is 10.4. The van der Waals surface area contributed by atoms with Gasteiger partial charge in [0.25, 0.3) is 5.91 Å². The second kappa shape index (κ2) is 6.00. The summed E-state index contributed by atoms with van der Waals surface area (Å²) in [5, 5.41) is 1.84. The summed E-state index contributed by atoms with van der Waals surface area (Å²) in [7, 11) is 0.